The Morgan fingerprint density at radius 2 is 2.07 bits per heavy atom. The summed E-state index contributed by atoms with van der Waals surface area (Å²) in [5, 5.41) is 5.25. The first-order chi connectivity index (χ1) is 14.3. The molecule has 0 saturated carbocycles. The summed E-state index contributed by atoms with van der Waals surface area (Å²) in [4.78, 5) is 28.2. The molecule has 0 radical (unpaired) electrons. The number of hydrogen-bond acceptors (Lipinski definition) is 7. The quantitative estimate of drug-likeness (QED) is 0.654. The lowest BCUT2D eigenvalue weighted by atomic mass is 10.1. The van der Waals surface area contributed by atoms with Crippen molar-refractivity contribution in [2.45, 2.75) is 32.7 Å². The lowest BCUT2D eigenvalue weighted by Crippen LogP contribution is -2.29. The summed E-state index contributed by atoms with van der Waals surface area (Å²) < 4.78 is 6.18. The monoisotopic (exact) mass is 413 g/mol. The van der Waals surface area contributed by atoms with Crippen LogP contribution in [0.2, 0.25) is 0 Å². The molecule has 1 atom stereocenters. The fourth-order valence-corrected chi connectivity index (χ4v) is 4.08. The molecule has 29 heavy (non-hydrogen) atoms. The molecule has 3 aromatic heterocycles. The SMILES string of the molecule is CC.COCC(Nc1nc(C(=O)N2CCCC2)c2sccc2n1)c1cccnc1. The van der Waals surface area contributed by atoms with Crippen LogP contribution in [0.4, 0.5) is 5.95 Å². The molecule has 0 bridgehead atoms. The summed E-state index contributed by atoms with van der Waals surface area (Å²) in [7, 11) is 1.65. The van der Waals surface area contributed by atoms with Gasteiger partial charge in [0.1, 0.15) is 0 Å². The van der Waals surface area contributed by atoms with Crippen LogP contribution >= 0.6 is 11.3 Å². The van der Waals surface area contributed by atoms with E-state index in [2.05, 4.69) is 20.3 Å². The Bertz CT molecular complexity index is 925. The third-order valence-corrected chi connectivity index (χ3v) is 5.53. The third kappa shape index (κ3) is 4.89. The minimum Gasteiger partial charge on any atom is -0.382 e. The van der Waals surface area contributed by atoms with E-state index in [1.165, 1.54) is 11.3 Å². The Morgan fingerprint density at radius 3 is 2.76 bits per heavy atom. The Kier molecular flexibility index (Phi) is 7.48. The van der Waals surface area contributed by atoms with Gasteiger partial charge in [-0.25, -0.2) is 9.97 Å². The van der Waals surface area contributed by atoms with Crippen molar-refractivity contribution in [2.75, 3.05) is 32.1 Å². The lowest BCUT2D eigenvalue weighted by Gasteiger charge is -2.19. The van der Waals surface area contributed by atoms with Crippen LogP contribution in [0.5, 0.6) is 0 Å². The molecular formula is C21H27N5O2S. The summed E-state index contributed by atoms with van der Waals surface area (Å²) in [6.07, 6.45) is 5.61. The van der Waals surface area contributed by atoms with Gasteiger partial charge in [-0.15, -0.1) is 11.3 Å². The number of nitrogens with one attached hydrogen (secondary N) is 1. The van der Waals surface area contributed by atoms with Crippen molar-refractivity contribution in [1.82, 2.24) is 19.9 Å². The highest BCUT2D eigenvalue weighted by molar-refractivity contribution is 7.17. The average molecular weight is 414 g/mol. The number of anilines is 1. The van der Waals surface area contributed by atoms with E-state index in [4.69, 9.17) is 4.74 Å². The van der Waals surface area contributed by atoms with Crippen molar-refractivity contribution >= 4 is 33.4 Å². The Balaban J connectivity index is 0.00000117. The summed E-state index contributed by atoms with van der Waals surface area (Å²) in [6, 6.07) is 5.62. The van der Waals surface area contributed by atoms with Gasteiger partial charge in [0, 0.05) is 32.6 Å². The number of thiophene rings is 1. The van der Waals surface area contributed by atoms with Gasteiger partial charge in [0.05, 0.1) is 22.9 Å². The number of pyridine rings is 1. The summed E-state index contributed by atoms with van der Waals surface area (Å²) in [5.41, 5.74) is 2.23. The van der Waals surface area contributed by atoms with Crippen LogP contribution in [0, 0.1) is 0 Å². The molecule has 3 aromatic rings. The second-order valence-electron chi connectivity index (χ2n) is 6.47. The first-order valence-corrected chi connectivity index (χ1v) is 10.8. The molecule has 1 unspecified atom stereocenters. The molecule has 4 heterocycles. The molecular weight excluding hydrogens is 386 g/mol. The van der Waals surface area contributed by atoms with Crippen LogP contribution in [0.15, 0.2) is 36.0 Å². The largest absolute Gasteiger partial charge is 0.382 e. The van der Waals surface area contributed by atoms with Crippen LogP contribution in [0.3, 0.4) is 0 Å². The number of fused-ring (bicyclic) bond motifs is 1. The van der Waals surface area contributed by atoms with Crippen molar-refractivity contribution in [3.8, 4) is 0 Å². The zero-order valence-corrected chi connectivity index (χ0v) is 17.9. The van der Waals surface area contributed by atoms with Gasteiger partial charge >= 0.3 is 0 Å². The number of methoxy groups -OCH3 is 1. The van der Waals surface area contributed by atoms with Crippen molar-refractivity contribution in [2.24, 2.45) is 0 Å². The molecule has 0 aromatic carbocycles. The maximum Gasteiger partial charge on any atom is 0.274 e. The van der Waals surface area contributed by atoms with E-state index < -0.39 is 0 Å². The minimum atomic E-state index is -0.158. The molecule has 154 valence electrons. The number of aromatic nitrogens is 3. The van der Waals surface area contributed by atoms with Crippen LogP contribution < -0.4 is 5.32 Å². The molecule has 8 heteroatoms. The zero-order valence-electron chi connectivity index (χ0n) is 17.1. The first kappa shape index (κ1) is 21.1. The molecule has 1 amide bonds. The minimum absolute atomic E-state index is 0.0185. The molecule has 1 N–H and O–H groups in total. The molecule has 4 rings (SSSR count). The number of likely N-dealkylation sites (tertiary alicyclic amines) is 1. The number of rotatable bonds is 6. The number of ether oxygens (including phenoxy) is 1. The molecule has 0 spiro atoms. The van der Waals surface area contributed by atoms with E-state index in [-0.39, 0.29) is 11.9 Å². The second kappa shape index (κ2) is 10.3. The average Bonchev–Trinajstić information content (AvgIpc) is 3.46. The zero-order chi connectivity index (χ0) is 20.6. The fraction of sp³-hybridized carbons (Fsp3) is 0.429. The summed E-state index contributed by atoms with van der Waals surface area (Å²) in [5.74, 6) is 0.407. The van der Waals surface area contributed by atoms with Crippen LogP contribution in [-0.4, -0.2) is 52.6 Å². The number of carbonyl (C=O) groups excluding carboxylic acids is 1. The molecule has 1 fully saturated rings. The van der Waals surface area contributed by atoms with E-state index in [9.17, 15) is 4.79 Å². The van der Waals surface area contributed by atoms with Gasteiger partial charge in [-0.3, -0.25) is 9.78 Å². The first-order valence-electron chi connectivity index (χ1n) is 9.96. The van der Waals surface area contributed by atoms with E-state index in [0.29, 0.717) is 18.2 Å². The highest BCUT2D eigenvalue weighted by Gasteiger charge is 2.25. The highest BCUT2D eigenvalue weighted by Crippen LogP contribution is 2.27. The van der Waals surface area contributed by atoms with Crippen LogP contribution in [-0.2, 0) is 4.74 Å². The van der Waals surface area contributed by atoms with E-state index >= 15 is 0 Å². The molecule has 1 aliphatic heterocycles. The standard InChI is InChI=1S/C19H21N5O2S.C2H6/c1-26-12-15(13-5-4-7-20-11-13)22-19-21-14-6-10-27-17(14)16(23-19)18(25)24-8-2-3-9-24;1-2/h4-7,10-11,15H,2-3,8-9,12H2,1H3,(H,21,22,23);1-2H3. The van der Waals surface area contributed by atoms with E-state index in [1.54, 1.807) is 19.5 Å². The summed E-state index contributed by atoms with van der Waals surface area (Å²) in [6.45, 7) is 6.02. The van der Waals surface area contributed by atoms with Gasteiger partial charge in [-0.05, 0) is 35.9 Å². The van der Waals surface area contributed by atoms with Gasteiger partial charge in [0.2, 0.25) is 5.95 Å². The molecule has 1 saturated heterocycles. The maximum absolute atomic E-state index is 13.0. The van der Waals surface area contributed by atoms with Crippen molar-refractivity contribution in [3.05, 3.63) is 47.2 Å². The normalized spacial score (nSPS) is 14.4. The molecule has 7 nitrogen and oxygen atoms in total. The predicted molar refractivity (Wildman–Crippen MR) is 116 cm³/mol. The Hall–Kier alpha value is -2.58. The van der Waals surface area contributed by atoms with E-state index in [0.717, 1.165) is 41.7 Å². The number of carbonyl (C=O) groups is 1. The number of hydrogen-bond donors (Lipinski definition) is 1. The number of amides is 1. The third-order valence-electron chi connectivity index (χ3n) is 4.62. The van der Waals surface area contributed by atoms with Gasteiger partial charge in [-0.2, -0.15) is 0 Å². The molecule has 0 aliphatic carbocycles. The van der Waals surface area contributed by atoms with Gasteiger partial charge in [0.25, 0.3) is 5.91 Å². The van der Waals surface area contributed by atoms with Gasteiger partial charge in [0.15, 0.2) is 5.69 Å². The van der Waals surface area contributed by atoms with Crippen LogP contribution in [0.25, 0.3) is 10.2 Å². The number of nitrogens with zero attached hydrogens (tertiary/aromatic N) is 4. The molecule has 1 aliphatic rings. The van der Waals surface area contributed by atoms with E-state index in [1.807, 2.05) is 42.3 Å². The van der Waals surface area contributed by atoms with Crippen LogP contribution in [0.1, 0.15) is 48.8 Å². The smallest absolute Gasteiger partial charge is 0.274 e. The predicted octanol–water partition coefficient (Wildman–Crippen LogP) is 4.15. The Morgan fingerprint density at radius 1 is 1.28 bits per heavy atom. The maximum atomic E-state index is 13.0. The lowest BCUT2D eigenvalue weighted by molar-refractivity contribution is 0.0789. The summed E-state index contributed by atoms with van der Waals surface area (Å²) >= 11 is 1.50. The Labute approximate surface area is 175 Å². The topological polar surface area (TPSA) is 80.2 Å². The van der Waals surface area contributed by atoms with Crippen molar-refractivity contribution in [1.29, 1.82) is 0 Å². The fourth-order valence-electron chi connectivity index (χ4n) is 3.27. The van der Waals surface area contributed by atoms with Crippen molar-refractivity contribution < 1.29 is 9.53 Å². The van der Waals surface area contributed by atoms with Gasteiger partial charge < -0.3 is 15.0 Å². The van der Waals surface area contributed by atoms with Gasteiger partial charge in [-0.1, -0.05) is 19.9 Å². The highest BCUT2D eigenvalue weighted by atomic mass is 32.1. The van der Waals surface area contributed by atoms with Crippen molar-refractivity contribution in [3.63, 3.8) is 0 Å². The second-order valence-corrected chi connectivity index (χ2v) is 7.38.